The van der Waals surface area contributed by atoms with Crippen molar-refractivity contribution in [2.24, 2.45) is 4.99 Å². The minimum Gasteiger partial charge on any atom is -0.375 e. The van der Waals surface area contributed by atoms with Gasteiger partial charge in [-0.3, -0.25) is 4.99 Å². The van der Waals surface area contributed by atoms with Gasteiger partial charge in [0.25, 0.3) is 0 Å². The van der Waals surface area contributed by atoms with Crippen molar-refractivity contribution in [3.05, 3.63) is 35.6 Å². The number of rotatable bonds is 4. The fourth-order valence-electron chi connectivity index (χ4n) is 3.63. The summed E-state index contributed by atoms with van der Waals surface area (Å²) in [6.07, 6.45) is 2.47. The highest BCUT2D eigenvalue weighted by Gasteiger charge is 2.32. The van der Waals surface area contributed by atoms with Gasteiger partial charge in [-0.1, -0.05) is 26.0 Å². The van der Waals surface area contributed by atoms with E-state index in [0.29, 0.717) is 13.2 Å². The highest BCUT2D eigenvalue weighted by atomic mass is 127. The number of aliphatic imine (C=N–C) groups is 1. The van der Waals surface area contributed by atoms with Crippen LogP contribution in [0.3, 0.4) is 0 Å². The number of nitrogens with one attached hydrogen (secondary N) is 1. The summed E-state index contributed by atoms with van der Waals surface area (Å²) in [7, 11) is 1.80. The van der Waals surface area contributed by atoms with E-state index < -0.39 is 0 Å². The zero-order valence-electron chi connectivity index (χ0n) is 16.4. The van der Waals surface area contributed by atoms with E-state index >= 15 is 0 Å². The first-order chi connectivity index (χ1) is 12.5. The number of morpholine rings is 1. The van der Waals surface area contributed by atoms with Crippen molar-refractivity contribution in [2.45, 2.75) is 44.3 Å². The Kier molecular flexibility index (Phi) is 8.30. The van der Waals surface area contributed by atoms with Gasteiger partial charge in [-0.25, -0.2) is 4.39 Å². The van der Waals surface area contributed by atoms with Crippen LogP contribution in [-0.2, 0) is 14.9 Å². The fourth-order valence-corrected chi connectivity index (χ4v) is 3.63. The molecule has 1 N–H and O–H groups in total. The molecule has 0 spiro atoms. The Balaban J connectivity index is 0.00000261. The van der Waals surface area contributed by atoms with Crippen molar-refractivity contribution in [1.82, 2.24) is 10.2 Å². The summed E-state index contributed by atoms with van der Waals surface area (Å²) in [4.78, 5) is 6.68. The molecule has 0 bridgehead atoms. The summed E-state index contributed by atoms with van der Waals surface area (Å²) in [5, 5.41) is 3.47. The molecule has 2 saturated heterocycles. The van der Waals surface area contributed by atoms with E-state index in [-0.39, 0.29) is 47.4 Å². The van der Waals surface area contributed by atoms with Crippen molar-refractivity contribution in [1.29, 1.82) is 0 Å². The Hall–Kier alpha value is -0.930. The lowest BCUT2D eigenvalue weighted by atomic mass is 9.84. The van der Waals surface area contributed by atoms with Gasteiger partial charge in [0, 0.05) is 38.7 Å². The van der Waals surface area contributed by atoms with E-state index in [1.165, 1.54) is 6.07 Å². The molecule has 152 valence electrons. The van der Waals surface area contributed by atoms with Gasteiger partial charge in [-0.05, 0) is 30.5 Å². The summed E-state index contributed by atoms with van der Waals surface area (Å²) in [6, 6.07) is 6.81. The van der Waals surface area contributed by atoms with E-state index in [0.717, 1.165) is 44.1 Å². The van der Waals surface area contributed by atoms with Crippen LogP contribution in [0.15, 0.2) is 29.3 Å². The summed E-state index contributed by atoms with van der Waals surface area (Å²) in [6.45, 7) is 7.99. The van der Waals surface area contributed by atoms with Crippen LogP contribution in [0.25, 0.3) is 0 Å². The number of nitrogens with zero attached hydrogens (tertiary/aromatic N) is 2. The lowest BCUT2D eigenvalue weighted by Gasteiger charge is -2.38. The van der Waals surface area contributed by atoms with Gasteiger partial charge in [0.2, 0.25) is 0 Å². The predicted octanol–water partition coefficient (Wildman–Crippen LogP) is 3.18. The second-order valence-electron chi connectivity index (χ2n) is 7.70. The van der Waals surface area contributed by atoms with Crippen LogP contribution >= 0.6 is 24.0 Å². The largest absolute Gasteiger partial charge is 0.375 e. The lowest BCUT2D eigenvalue weighted by Crippen LogP contribution is -2.54. The van der Waals surface area contributed by atoms with Crippen LogP contribution in [0.2, 0.25) is 0 Å². The minimum atomic E-state index is -0.210. The zero-order chi connectivity index (χ0) is 18.6. The van der Waals surface area contributed by atoms with Crippen LogP contribution in [0.4, 0.5) is 4.39 Å². The predicted molar refractivity (Wildman–Crippen MR) is 116 cm³/mol. The highest BCUT2D eigenvalue weighted by Crippen LogP contribution is 2.24. The van der Waals surface area contributed by atoms with Crippen molar-refractivity contribution in [3.8, 4) is 0 Å². The van der Waals surface area contributed by atoms with E-state index in [1.54, 1.807) is 19.2 Å². The smallest absolute Gasteiger partial charge is 0.193 e. The molecule has 0 aliphatic carbocycles. The van der Waals surface area contributed by atoms with Crippen molar-refractivity contribution in [3.63, 3.8) is 0 Å². The molecule has 2 atom stereocenters. The normalized spacial score (nSPS) is 23.9. The minimum absolute atomic E-state index is 0. The van der Waals surface area contributed by atoms with E-state index in [1.807, 2.05) is 6.07 Å². The summed E-state index contributed by atoms with van der Waals surface area (Å²) in [5.74, 6) is 0.660. The molecule has 2 fully saturated rings. The molecule has 0 radical (unpaired) electrons. The Morgan fingerprint density at radius 3 is 2.74 bits per heavy atom. The monoisotopic (exact) mass is 491 g/mol. The van der Waals surface area contributed by atoms with Crippen LogP contribution in [-0.4, -0.2) is 63.0 Å². The molecule has 0 amide bonds. The van der Waals surface area contributed by atoms with Gasteiger partial charge in [-0.2, -0.15) is 0 Å². The maximum absolute atomic E-state index is 13.6. The molecule has 2 aliphatic heterocycles. The average Bonchev–Trinajstić information content (AvgIpc) is 3.17. The third kappa shape index (κ3) is 5.77. The van der Waals surface area contributed by atoms with Crippen LogP contribution in [0.5, 0.6) is 0 Å². The molecular weight excluding hydrogens is 460 g/mol. The van der Waals surface area contributed by atoms with Gasteiger partial charge in [-0.15, -0.1) is 24.0 Å². The Labute approximate surface area is 178 Å². The Bertz CT molecular complexity index is 635. The second kappa shape index (κ2) is 10.0. The van der Waals surface area contributed by atoms with Gasteiger partial charge in [0.1, 0.15) is 11.9 Å². The molecule has 0 saturated carbocycles. The van der Waals surface area contributed by atoms with Crippen LogP contribution < -0.4 is 5.32 Å². The van der Waals surface area contributed by atoms with Gasteiger partial charge in [0.05, 0.1) is 12.7 Å². The van der Waals surface area contributed by atoms with Gasteiger partial charge in [0.15, 0.2) is 5.96 Å². The Morgan fingerprint density at radius 2 is 2.07 bits per heavy atom. The highest BCUT2D eigenvalue weighted by molar-refractivity contribution is 14.0. The topological polar surface area (TPSA) is 46.1 Å². The molecule has 1 aromatic rings. The quantitative estimate of drug-likeness (QED) is 0.400. The third-order valence-corrected chi connectivity index (χ3v) is 5.28. The number of hydrogen-bond acceptors (Lipinski definition) is 3. The number of benzene rings is 1. The molecule has 0 aromatic heterocycles. The summed E-state index contributed by atoms with van der Waals surface area (Å²) in [5.41, 5.74) is 0.762. The van der Waals surface area contributed by atoms with E-state index in [9.17, 15) is 4.39 Å². The SMILES string of the molecule is CN=C(NCC(C)(C)c1cccc(F)c1)N1CCOC(C2CCCO2)C1.I. The molecular formula is C20H31FIN3O2. The average molecular weight is 491 g/mol. The number of halogens is 2. The molecule has 27 heavy (non-hydrogen) atoms. The number of hydrogen-bond donors (Lipinski definition) is 1. The molecule has 2 heterocycles. The van der Waals surface area contributed by atoms with Crippen molar-refractivity contribution < 1.29 is 13.9 Å². The fraction of sp³-hybridized carbons (Fsp3) is 0.650. The molecule has 1 aromatic carbocycles. The van der Waals surface area contributed by atoms with Crippen molar-refractivity contribution in [2.75, 3.05) is 39.9 Å². The number of guanidine groups is 1. The summed E-state index contributed by atoms with van der Waals surface area (Å²) < 4.78 is 25.3. The molecule has 2 unspecified atom stereocenters. The third-order valence-electron chi connectivity index (χ3n) is 5.28. The van der Waals surface area contributed by atoms with Crippen molar-refractivity contribution >= 4 is 29.9 Å². The Morgan fingerprint density at radius 1 is 1.30 bits per heavy atom. The standard InChI is InChI=1S/C20H30FN3O2.HI/c1-20(2,15-6-4-7-16(21)12-15)14-23-19(22-3)24-9-11-26-18(13-24)17-8-5-10-25-17;/h4,6-7,12,17-18H,5,8-11,13-14H2,1-3H3,(H,22,23);1H. The molecule has 5 nitrogen and oxygen atoms in total. The van der Waals surface area contributed by atoms with Crippen LogP contribution in [0.1, 0.15) is 32.3 Å². The van der Waals surface area contributed by atoms with Crippen LogP contribution in [0, 0.1) is 5.82 Å². The molecule has 3 rings (SSSR count). The van der Waals surface area contributed by atoms with Gasteiger partial charge < -0.3 is 19.7 Å². The van der Waals surface area contributed by atoms with E-state index in [4.69, 9.17) is 9.47 Å². The first-order valence-corrected chi connectivity index (χ1v) is 9.44. The molecule has 2 aliphatic rings. The maximum Gasteiger partial charge on any atom is 0.193 e. The second-order valence-corrected chi connectivity index (χ2v) is 7.70. The lowest BCUT2D eigenvalue weighted by molar-refractivity contribution is -0.0817. The summed E-state index contributed by atoms with van der Waals surface area (Å²) >= 11 is 0. The molecule has 7 heteroatoms. The van der Waals surface area contributed by atoms with E-state index in [2.05, 4.69) is 29.1 Å². The maximum atomic E-state index is 13.6. The number of ether oxygens (including phenoxy) is 2. The first-order valence-electron chi connectivity index (χ1n) is 9.44. The van der Waals surface area contributed by atoms with Gasteiger partial charge >= 0.3 is 0 Å². The zero-order valence-corrected chi connectivity index (χ0v) is 18.7. The first kappa shape index (κ1) is 22.4.